The molecule has 2 N–H and O–H groups in total. The van der Waals surface area contributed by atoms with Crippen molar-refractivity contribution in [1.29, 1.82) is 0 Å². The summed E-state index contributed by atoms with van der Waals surface area (Å²) in [4.78, 5) is 10.6. The molecule has 0 amide bonds. The molecule has 96 valence electrons. The highest BCUT2D eigenvalue weighted by Crippen LogP contribution is 2.16. The molecule has 0 aromatic rings. The monoisotopic (exact) mass is 230 g/mol. The zero-order chi connectivity index (χ0) is 12.4. The zero-order valence-electron chi connectivity index (χ0n) is 10.7. The number of carbonyl (C=O) groups is 1. The Morgan fingerprint density at radius 1 is 1.00 bits per heavy atom. The Morgan fingerprint density at radius 2 is 1.44 bits per heavy atom. The Hall–Kier alpha value is -0.570. The average Bonchev–Trinajstić information content (AvgIpc) is 2.21. The van der Waals surface area contributed by atoms with E-state index < -0.39 is 11.6 Å². The Labute approximate surface area is 98.9 Å². The lowest BCUT2D eigenvalue weighted by Crippen LogP contribution is -2.34. The standard InChI is InChI=1S/C13H26O3/c1-3-4-5-6-7-8-9-10-11-13(2,16)12(14)15/h16H,3-11H2,1-2H3,(H,14,15). The van der Waals surface area contributed by atoms with Crippen LogP contribution in [0.5, 0.6) is 0 Å². The van der Waals surface area contributed by atoms with Gasteiger partial charge in [0.2, 0.25) is 0 Å². The molecule has 1 atom stereocenters. The molecule has 0 fully saturated rings. The highest BCUT2D eigenvalue weighted by molar-refractivity contribution is 5.76. The molecule has 0 aromatic heterocycles. The maximum atomic E-state index is 10.6. The van der Waals surface area contributed by atoms with Crippen molar-refractivity contribution in [2.24, 2.45) is 0 Å². The van der Waals surface area contributed by atoms with E-state index in [4.69, 9.17) is 5.11 Å². The largest absolute Gasteiger partial charge is 0.479 e. The summed E-state index contributed by atoms with van der Waals surface area (Å²) in [6, 6.07) is 0. The molecule has 0 spiro atoms. The van der Waals surface area contributed by atoms with Crippen LogP contribution in [0.15, 0.2) is 0 Å². The second kappa shape index (κ2) is 8.57. The van der Waals surface area contributed by atoms with Gasteiger partial charge in [-0.15, -0.1) is 0 Å². The second-order valence-electron chi connectivity index (χ2n) is 4.80. The lowest BCUT2D eigenvalue weighted by molar-refractivity contribution is -0.157. The first kappa shape index (κ1) is 15.4. The molecule has 0 saturated heterocycles. The molecule has 0 rings (SSSR count). The summed E-state index contributed by atoms with van der Waals surface area (Å²) in [6.07, 6.45) is 9.73. The fourth-order valence-corrected chi connectivity index (χ4v) is 1.71. The van der Waals surface area contributed by atoms with Gasteiger partial charge in [0.15, 0.2) is 5.60 Å². The van der Waals surface area contributed by atoms with Crippen LogP contribution in [0.1, 0.15) is 71.6 Å². The molecule has 0 aliphatic rings. The summed E-state index contributed by atoms with van der Waals surface area (Å²) < 4.78 is 0. The summed E-state index contributed by atoms with van der Waals surface area (Å²) in [5.74, 6) is -1.12. The van der Waals surface area contributed by atoms with E-state index in [2.05, 4.69) is 6.92 Å². The summed E-state index contributed by atoms with van der Waals surface area (Å²) in [7, 11) is 0. The van der Waals surface area contributed by atoms with E-state index in [1.165, 1.54) is 39.0 Å². The third-order valence-corrected chi connectivity index (χ3v) is 2.98. The van der Waals surface area contributed by atoms with Crippen molar-refractivity contribution in [3.05, 3.63) is 0 Å². The molecule has 0 aliphatic heterocycles. The Morgan fingerprint density at radius 3 is 1.88 bits per heavy atom. The van der Waals surface area contributed by atoms with Gasteiger partial charge in [0.1, 0.15) is 0 Å². The number of aliphatic carboxylic acids is 1. The zero-order valence-corrected chi connectivity index (χ0v) is 10.7. The van der Waals surface area contributed by atoms with Gasteiger partial charge in [-0.3, -0.25) is 0 Å². The first-order valence-electron chi connectivity index (χ1n) is 6.46. The van der Waals surface area contributed by atoms with Crippen LogP contribution in [0.4, 0.5) is 0 Å². The second-order valence-corrected chi connectivity index (χ2v) is 4.80. The van der Waals surface area contributed by atoms with Gasteiger partial charge in [-0.2, -0.15) is 0 Å². The third kappa shape index (κ3) is 7.69. The number of unbranched alkanes of at least 4 members (excludes halogenated alkanes) is 7. The fourth-order valence-electron chi connectivity index (χ4n) is 1.71. The van der Waals surface area contributed by atoms with Crippen LogP contribution in [0.2, 0.25) is 0 Å². The van der Waals surface area contributed by atoms with E-state index in [1.54, 1.807) is 0 Å². The molecule has 3 heteroatoms. The van der Waals surface area contributed by atoms with E-state index in [0.717, 1.165) is 19.3 Å². The van der Waals surface area contributed by atoms with Gasteiger partial charge in [0.05, 0.1) is 0 Å². The topological polar surface area (TPSA) is 57.5 Å². The quantitative estimate of drug-likeness (QED) is 0.566. The molecule has 16 heavy (non-hydrogen) atoms. The summed E-state index contributed by atoms with van der Waals surface area (Å²) in [6.45, 7) is 3.57. The highest BCUT2D eigenvalue weighted by Gasteiger charge is 2.28. The summed E-state index contributed by atoms with van der Waals surface area (Å²) in [5.41, 5.74) is -1.54. The Bertz CT molecular complexity index is 188. The van der Waals surface area contributed by atoms with E-state index in [9.17, 15) is 9.90 Å². The van der Waals surface area contributed by atoms with E-state index >= 15 is 0 Å². The number of carboxylic acid groups (broad SMARTS) is 1. The van der Waals surface area contributed by atoms with E-state index in [0.29, 0.717) is 6.42 Å². The van der Waals surface area contributed by atoms with Crippen molar-refractivity contribution in [3.63, 3.8) is 0 Å². The van der Waals surface area contributed by atoms with Crippen molar-refractivity contribution in [3.8, 4) is 0 Å². The number of rotatable bonds is 10. The number of carboxylic acids is 1. The summed E-state index contributed by atoms with van der Waals surface area (Å²) >= 11 is 0. The molecule has 0 aromatic carbocycles. The van der Waals surface area contributed by atoms with Crippen LogP contribution < -0.4 is 0 Å². The molecule has 0 aliphatic carbocycles. The van der Waals surface area contributed by atoms with Gasteiger partial charge in [0.25, 0.3) is 0 Å². The van der Waals surface area contributed by atoms with Gasteiger partial charge in [-0.05, 0) is 19.8 Å². The third-order valence-electron chi connectivity index (χ3n) is 2.98. The Kier molecular flexibility index (Phi) is 8.26. The van der Waals surface area contributed by atoms with E-state index in [-0.39, 0.29) is 0 Å². The van der Waals surface area contributed by atoms with Crippen LogP contribution in [0.25, 0.3) is 0 Å². The van der Waals surface area contributed by atoms with Crippen molar-refractivity contribution >= 4 is 5.97 Å². The normalized spacial score (nSPS) is 14.7. The fraction of sp³-hybridized carbons (Fsp3) is 0.923. The highest BCUT2D eigenvalue weighted by atomic mass is 16.4. The smallest absolute Gasteiger partial charge is 0.335 e. The van der Waals surface area contributed by atoms with Gasteiger partial charge >= 0.3 is 5.97 Å². The molecule has 0 radical (unpaired) electrons. The maximum absolute atomic E-state index is 10.6. The molecular formula is C13H26O3. The predicted octanol–water partition coefficient (Wildman–Crippen LogP) is 3.35. The van der Waals surface area contributed by atoms with E-state index in [1.807, 2.05) is 0 Å². The first-order chi connectivity index (χ1) is 7.50. The van der Waals surface area contributed by atoms with Crippen molar-refractivity contribution in [1.82, 2.24) is 0 Å². The SMILES string of the molecule is CCCCCCCCCCC(C)(O)C(=O)O. The number of hydrogen-bond acceptors (Lipinski definition) is 2. The van der Waals surface area contributed by atoms with Gasteiger partial charge in [-0.25, -0.2) is 4.79 Å². The lowest BCUT2D eigenvalue weighted by Gasteiger charge is -2.17. The number of aliphatic hydroxyl groups is 1. The maximum Gasteiger partial charge on any atom is 0.335 e. The minimum atomic E-state index is -1.54. The first-order valence-corrected chi connectivity index (χ1v) is 6.46. The minimum absolute atomic E-state index is 0.358. The van der Waals surface area contributed by atoms with Crippen molar-refractivity contribution < 1.29 is 15.0 Å². The molecule has 0 heterocycles. The predicted molar refractivity (Wildman–Crippen MR) is 65.5 cm³/mol. The van der Waals surface area contributed by atoms with Gasteiger partial charge in [0, 0.05) is 0 Å². The van der Waals surface area contributed by atoms with Crippen molar-refractivity contribution in [2.75, 3.05) is 0 Å². The number of hydrogen-bond donors (Lipinski definition) is 2. The lowest BCUT2D eigenvalue weighted by atomic mass is 9.98. The van der Waals surface area contributed by atoms with Crippen LogP contribution in [-0.4, -0.2) is 21.8 Å². The molecule has 0 saturated carbocycles. The van der Waals surface area contributed by atoms with Crippen LogP contribution in [-0.2, 0) is 4.79 Å². The average molecular weight is 230 g/mol. The molecule has 1 unspecified atom stereocenters. The van der Waals surface area contributed by atoms with Gasteiger partial charge in [-0.1, -0.05) is 51.9 Å². The van der Waals surface area contributed by atoms with Gasteiger partial charge < -0.3 is 10.2 Å². The molecular weight excluding hydrogens is 204 g/mol. The van der Waals surface area contributed by atoms with Crippen molar-refractivity contribution in [2.45, 2.75) is 77.2 Å². The van der Waals surface area contributed by atoms with Crippen LogP contribution in [0.3, 0.4) is 0 Å². The Balaban J connectivity index is 3.30. The minimum Gasteiger partial charge on any atom is -0.479 e. The van der Waals surface area contributed by atoms with Crippen LogP contribution >= 0.6 is 0 Å². The summed E-state index contributed by atoms with van der Waals surface area (Å²) in [5, 5.41) is 18.2. The molecule has 3 nitrogen and oxygen atoms in total. The van der Waals surface area contributed by atoms with Crippen LogP contribution in [0, 0.1) is 0 Å². The molecule has 0 bridgehead atoms.